The molecule has 5 nitrogen and oxygen atoms in total. The molecule has 0 aliphatic carbocycles. The summed E-state index contributed by atoms with van der Waals surface area (Å²) in [5.74, 6) is 0.289. The van der Waals surface area contributed by atoms with Crippen molar-refractivity contribution in [2.45, 2.75) is 62.7 Å². The number of carbonyl (C=O) groups is 2. The minimum atomic E-state index is -0.418. The zero-order chi connectivity index (χ0) is 26.9. The second-order valence-electron chi connectivity index (χ2n) is 9.37. The first-order valence-corrected chi connectivity index (χ1v) is 13.9. The normalized spacial score (nSPS) is 12.4. The van der Waals surface area contributed by atoms with Crippen LogP contribution in [-0.2, 0) is 9.63 Å². The van der Waals surface area contributed by atoms with Gasteiger partial charge in [-0.3, -0.25) is 4.79 Å². The summed E-state index contributed by atoms with van der Waals surface area (Å²) in [5, 5.41) is 5.10. The molecule has 0 saturated heterocycles. The van der Waals surface area contributed by atoms with Gasteiger partial charge in [0, 0.05) is 27.7 Å². The van der Waals surface area contributed by atoms with Crippen LogP contribution < -0.4 is 0 Å². The number of hydrogen-bond acceptors (Lipinski definition) is 6. The van der Waals surface area contributed by atoms with Gasteiger partial charge in [0.2, 0.25) is 5.78 Å². The van der Waals surface area contributed by atoms with E-state index in [2.05, 4.69) is 19.0 Å². The molecule has 0 fully saturated rings. The molecule has 4 aromatic rings. The molecule has 3 aromatic carbocycles. The Kier molecular flexibility index (Phi) is 9.55. The topological polar surface area (TPSA) is 68.9 Å². The fourth-order valence-electron chi connectivity index (χ4n) is 4.31. The highest BCUT2D eigenvalue weighted by atomic mass is 32.2. The Balaban J connectivity index is 1.44. The molecular formula is C32H33NO4S. The van der Waals surface area contributed by atoms with E-state index in [1.807, 2.05) is 72.8 Å². The van der Waals surface area contributed by atoms with Gasteiger partial charge in [0.05, 0.1) is 5.71 Å². The number of benzene rings is 3. The first-order chi connectivity index (χ1) is 18.5. The van der Waals surface area contributed by atoms with E-state index in [0.717, 1.165) is 52.1 Å². The maximum absolute atomic E-state index is 12.9. The summed E-state index contributed by atoms with van der Waals surface area (Å²) in [5.41, 5.74) is 3.05. The third-order valence-corrected chi connectivity index (χ3v) is 7.51. The average molecular weight is 528 g/mol. The number of fused-ring (bicyclic) bond motifs is 1. The van der Waals surface area contributed by atoms with Crippen LogP contribution in [0.5, 0.6) is 0 Å². The molecule has 0 spiro atoms. The molecule has 0 radical (unpaired) electrons. The van der Waals surface area contributed by atoms with Crippen LogP contribution in [0.1, 0.15) is 74.6 Å². The van der Waals surface area contributed by atoms with Crippen molar-refractivity contribution in [2.75, 3.05) is 0 Å². The summed E-state index contributed by atoms with van der Waals surface area (Å²) < 4.78 is 5.73. The minimum Gasteiger partial charge on any atom is -0.453 e. The van der Waals surface area contributed by atoms with E-state index in [1.54, 1.807) is 17.8 Å². The maximum atomic E-state index is 12.9. The first-order valence-electron chi connectivity index (χ1n) is 13.1. The van der Waals surface area contributed by atoms with Gasteiger partial charge in [0.15, 0.2) is 5.76 Å². The Hall–Kier alpha value is -3.64. The van der Waals surface area contributed by atoms with Crippen LogP contribution in [0.4, 0.5) is 0 Å². The quantitative estimate of drug-likeness (QED) is 0.0798. The Labute approximate surface area is 228 Å². The van der Waals surface area contributed by atoms with Gasteiger partial charge >= 0.3 is 5.97 Å². The molecule has 1 unspecified atom stereocenters. The molecule has 6 heteroatoms. The zero-order valence-corrected chi connectivity index (χ0v) is 22.9. The molecule has 1 atom stereocenters. The van der Waals surface area contributed by atoms with Crippen LogP contribution in [0.15, 0.2) is 98.2 Å². The molecule has 0 saturated carbocycles. The number of unbranched alkanes of at least 4 members (excludes halogenated alkanes) is 1. The molecule has 0 aliphatic heterocycles. The van der Waals surface area contributed by atoms with Gasteiger partial charge in [-0.2, -0.15) is 0 Å². The van der Waals surface area contributed by atoms with E-state index in [0.29, 0.717) is 22.8 Å². The second kappa shape index (κ2) is 13.2. The Morgan fingerprint density at radius 1 is 0.921 bits per heavy atom. The first kappa shape index (κ1) is 27.4. The van der Waals surface area contributed by atoms with Crippen molar-refractivity contribution >= 4 is 40.2 Å². The van der Waals surface area contributed by atoms with E-state index in [9.17, 15) is 9.59 Å². The summed E-state index contributed by atoms with van der Waals surface area (Å²) in [6, 6.07) is 25.1. The predicted molar refractivity (Wildman–Crippen MR) is 153 cm³/mol. The van der Waals surface area contributed by atoms with E-state index >= 15 is 0 Å². The summed E-state index contributed by atoms with van der Waals surface area (Å²) in [7, 11) is 0. The lowest BCUT2D eigenvalue weighted by Gasteiger charge is -2.16. The molecule has 4 rings (SSSR count). The zero-order valence-electron chi connectivity index (χ0n) is 22.1. The fourth-order valence-corrected chi connectivity index (χ4v) is 5.12. The Bertz CT molecular complexity index is 1370. The molecule has 0 amide bonds. The van der Waals surface area contributed by atoms with Crippen molar-refractivity contribution in [3.05, 3.63) is 95.7 Å². The number of furan rings is 1. The van der Waals surface area contributed by atoms with Crippen LogP contribution in [0.3, 0.4) is 0 Å². The van der Waals surface area contributed by atoms with E-state index in [-0.39, 0.29) is 5.78 Å². The standard InChI is InChI=1S/C32H33NO4S/c1-4-6-9-23(5-2)20-29(33-37-22(3)34)24-12-16-27(17-13-24)38-28-18-14-25(15-19-28)32(35)31-21-26-10-7-8-11-30(26)36-31/h7-8,10-19,21,23H,4-6,9,20H2,1-3H3/b33-29+. The lowest BCUT2D eigenvalue weighted by Crippen LogP contribution is -2.11. The number of para-hydroxylation sites is 1. The third kappa shape index (κ3) is 7.23. The highest BCUT2D eigenvalue weighted by molar-refractivity contribution is 7.99. The summed E-state index contributed by atoms with van der Waals surface area (Å²) in [6.45, 7) is 5.76. The molecule has 196 valence electrons. The number of rotatable bonds is 12. The van der Waals surface area contributed by atoms with Gasteiger partial charge < -0.3 is 9.25 Å². The number of ketones is 1. The van der Waals surface area contributed by atoms with Crippen molar-refractivity contribution in [1.82, 2.24) is 0 Å². The molecular weight excluding hydrogens is 494 g/mol. The van der Waals surface area contributed by atoms with Gasteiger partial charge in [-0.05, 0) is 66.4 Å². The number of hydrogen-bond donors (Lipinski definition) is 0. The van der Waals surface area contributed by atoms with Gasteiger partial charge in [-0.1, -0.05) is 86.8 Å². The Morgan fingerprint density at radius 3 is 2.18 bits per heavy atom. The molecule has 0 N–H and O–H groups in total. The number of oxime groups is 1. The molecule has 1 aromatic heterocycles. The SMILES string of the molecule is CCCCC(CC)C/C(=N\OC(C)=O)c1ccc(Sc2ccc(C(=O)c3cc4ccccc4o3)cc2)cc1. The van der Waals surface area contributed by atoms with Gasteiger partial charge in [-0.15, -0.1) is 0 Å². The summed E-state index contributed by atoms with van der Waals surface area (Å²) >= 11 is 1.62. The van der Waals surface area contributed by atoms with Crippen LogP contribution in [-0.4, -0.2) is 17.5 Å². The highest BCUT2D eigenvalue weighted by Crippen LogP contribution is 2.30. The van der Waals surface area contributed by atoms with Gasteiger partial charge in [0.1, 0.15) is 5.58 Å². The lowest BCUT2D eigenvalue weighted by molar-refractivity contribution is -0.140. The van der Waals surface area contributed by atoms with Crippen molar-refractivity contribution in [3.63, 3.8) is 0 Å². The minimum absolute atomic E-state index is 0.133. The predicted octanol–water partition coefficient (Wildman–Crippen LogP) is 8.69. The number of nitrogens with zero attached hydrogens (tertiary/aromatic N) is 1. The van der Waals surface area contributed by atoms with Gasteiger partial charge in [-0.25, -0.2) is 4.79 Å². The van der Waals surface area contributed by atoms with Gasteiger partial charge in [0.25, 0.3) is 0 Å². The largest absolute Gasteiger partial charge is 0.453 e. The smallest absolute Gasteiger partial charge is 0.331 e. The van der Waals surface area contributed by atoms with Crippen molar-refractivity contribution < 1.29 is 18.8 Å². The molecule has 0 aliphatic rings. The van der Waals surface area contributed by atoms with E-state index in [1.165, 1.54) is 13.3 Å². The summed E-state index contributed by atoms with van der Waals surface area (Å²) in [6.07, 6.45) is 5.30. The van der Waals surface area contributed by atoms with Crippen LogP contribution in [0, 0.1) is 5.92 Å². The fraction of sp³-hybridized carbons (Fsp3) is 0.281. The number of carbonyl (C=O) groups excluding carboxylic acids is 2. The van der Waals surface area contributed by atoms with Crippen molar-refractivity contribution in [2.24, 2.45) is 11.1 Å². The second-order valence-corrected chi connectivity index (χ2v) is 10.5. The molecule has 0 bridgehead atoms. The third-order valence-electron chi connectivity index (χ3n) is 6.50. The molecule has 38 heavy (non-hydrogen) atoms. The average Bonchev–Trinajstić information content (AvgIpc) is 3.38. The Morgan fingerprint density at radius 2 is 1.58 bits per heavy atom. The maximum Gasteiger partial charge on any atom is 0.331 e. The van der Waals surface area contributed by atoms with Crippen LogP contribution in [0.25, 0.3) is 11.0 Å². The summed E-state index contributed by atoms with van der Waals surface area (Å²) in [4.78, 5) is 31.4. The highest BCUT2D eigenvalue weighted by Gasteiger charge is 2.16. The van der Waals surface area contributed by atoms with Crippen LogP contribution >= 0.6 is 11.8 Å². The van der Waals surface area contributed by atoms with Crippen LogP contribution in [0.2, 0.25) is 0 Å². The lowest BCUT2D eigenvalue weighted by atomic mass is 9.91. The van der Waals surface area contributed by atoms with E-state index < -0.39 is 5.97 Å². The molecule has 1 heterocycles. The van der Waals surface area contributed by atoms with Crippen molar-refractivity contribution in [3.8, 4) is 0 Å². The van der Waals surface area contributed by atoms with Crippen molar-refractivity contribution in [1.29, 1.82) is 0 Å². The monoisotopic (exact) mass is 527 g/mol. The van der Waals surface area contributed by atoms with E-state index in [4.69, 9.17) is 9.25 Å².